The number of hydrogen-bond acceptors (Lipinski definition) is 3. The number of rotatable bonds is 5. The third-order valence-electron chi connectivity index (χ3n) is 5.40. The molecule has 2 aromatic rings. The van der Waals surface area contributed by atoms with Crippen molar-refractivity contribution < 1.29 is 35.8 Å². The van der Waals surface area contributed by atoms with E-state index < -0.39 is 41.9 Å². The molecule has 0 amide bonds. The summed E-state index contributed by atoms with van der Waals surface area (Å²) >= 11 is 0. The molecule has 1 aliphatic heterocycles. The highest BCUT2D eigenvalue weighted by atomic mass is 19.4. The Morgan fingerprint density at radius 2 is 1.44 bits per heavy atom. The van der Waals surface area contributed by atoms with Crippen molar-refractivity contribution in [3.8, 4) is 0 Å². The molecule has 3 rings (SSSR count). The molecule has 9 heteroatoms. The summed E-state index contributed by atoms with van der Waals surface area (Å²) in [4.78, 5) is 0. The Morgan fingerprint density at radius 3 is 1.94 bits per heavy atom. The third-order valence-corrected chi connectivity index (χ3v) is 5.40. The van der Waals surface area contributed by atoms with E-state index in [-0.39, 0.29) is 11.6 Å². The molecule has 32 heavy (non-hydrogen) atoms. The predicted molar refractivity (Wildman–Crippen MR) is 107 cm³/mol. The van der Waals surface area contributed by atoms with Crippen LogP contribution in [0.2, 0.25) is 0 Å². The van der Waals surface area contributed by atoms with Crippen molar-refractivity contribution >= 4 is 0 Å². The second-order valence-electron chi connectivity index (χ2n) is 8.11. The van der Waals surface area contributed by atoms with E-state index in [1.54, 1.807) is 0 Å². The van der Waals surface area contributed by atoms with Crippen LogP contribution in [0.1, 0.15) is 66.7 Å². The molecule has 0 aliphatic carbocycles. The van der Waals surface area contributed by atoms with Crippen LogP contribution >= 0.6 is 0 Å². The van der Waals surface area contributed by atoms with E-state index in [1.807, 2.05) is 24.3 Å². The average Bonchev–Trinajstić information content (AvgIpc) is 2.72. The topological polar surface area (TPSA) is 30.5 Å². The molecule has 1 heterocycles. The van der Waals surface area contributed by atoms with E-state index in [1.165, 1.54) is 6.92 Å². The molecule has 0 saturated carbocycles. The minimum Gasteiger partial charge on any atom is -0.349 e. The van der Waals surface area contributed by atoms with Crippen molar-refractivity contribution in [3.63, 3.8) is 0 Å². The average molecular weight is 461 g/mol. The molecule has 0 bridgehead atoms. The van der Waals surface area contributed by atoms with Crippen molar-refractivity contribution in [2.75, 3.05) is 13.2 Å². The highest BCUT2D eigenvalue weighted by molar-refractivity contribution is 5.35. The van der Waals surface area contributed by atoms with Gasteiger partial charge in [-0.3, -0.25) is 0 Å². The van der Waals surface area contributed by atoms with Crippen LogP contribution in [0.4, 0.5) is 26.3 Å². The van der Waals surface area contributed by atoms with Crippen LogP contribution in [0.25, 0.3) is 0 Å². The number of hydrogen-bond donors (Lipinski definition) is 1. The van der Waals surface area contributed by atoms with Crippen LogP contribution < -0.4 is 5.32 Å². The monoisotopic (exact) mass is 461 g/mol. The Balaban J connectivity index is 1.86. The number of benzene rings is 2. The number of nitrogens with one attached hydrogen (secondary N) is 1. The second kappa shape index (κ2) is 9.41. The van der Waals surface area contributed by atoms with E-state index in [4.69, 9.17) is 9.47 Å². The van der Waals surface area contributed by atoms with Crippen molar-refractivity contribution in [2.24, 2.45) is 0 Å². The highest BCUT2D eigenvalue weighted by Crippen LogP contribution is 2.38. The standard InChI is InChI=1S/C23H25F6NO2/c1-13(2)15-4-6-16(7-5-15)20-21(31-9-8-30-20)32-14(3)17-10-18(22(24,25)26)12-19(11-17)23(27,28)29/h4-7,10-14,20-21,30H,8-9H2,1-3H3/t14-,20+,21+/m1/s1. The van der Waals surface area contributed by atoms with Crippen LogP contribution in [0, 0.1) is 0 Å². The SMILES string of the molecule is CC(C)c1ccc([C@@H]2NCCO[C@H]2O[C@H](C)c2cc(C(F)(F)F)cc(C(F)(F)F)c2)cc1. The molecule has 3 atom stereocenters. The van der Waals surface area contributed by atoms with E-state index in [0.29, 0.717) is 31.2 Å². The lowest BCUT2D eigenvalue weighted by molar-refractivity contribution is -0.200. The lowest BCUT2D eigenvalue weighted by Gasteiger charge is -2.35. The summed E-state index contributed by atoms with van der Waals surface area (Å²) in [6, 6.07) is 8.82. The summed E-state index contributed by atoms with van der Waals surface area (Å²) in [5.41, 5.74) is -0.982. The summed E-state index contributed by atoms with van der Waals surface area (Å²) in [7, 11) is 0. The Bertz CT molecular complexity index is 876. The van der Waals surface area contributed by atoms with Crippen LogP contribution in [0.3, 0.4) is 0 Å². The van der Waals surface area contributed by atoms with Crippen LogP contribution in [-0.2, 0) is 21.8 Å². The van der Waals surface area contributed by atoms with Gasteiger partial charge in [0.2, 0.25) is 0 Å². The van der Waals surface area contributed by atoms with Gasteiger partial charge in [0.25, 0.3) is 0 Å². The van der Waals surface area contributed by atoms with Gasteiger partial charge < -0.3 is 14.8 Å². The van der Waals surface area contributed by atoms with E-state index in [9.17, 15) is 26.3 Å². The molecule has 1 N–H and O–H groups in total. The molecule has 0 aromatic heterocycles. The lowest BCUT2D eigenvalue weighted by Crippen LogP contribution is -2.43. The number of halogens is 6. The number of morpholine rings is 1. The summed E-state index contributed by atoms with van der Waals surface area (Å²) in [5, 5.41) is 3.25. The Labute approximate surface area is 182 Å². The smallest absolute Gasteiger partial charge is 0.349 e. The van der Waals surface area contributed by atoms with Crippen molar-refractivity contribution in [1.29, 1.82) is 0 Å². The molecule has 0 radical (unpaired) electrons. The largest absolute Gasteiger partial charge is 0.416 e. The summed E-state index contributed by atoms with van der Waals surface area (Å²) in [5.74, 6) is 0.343. The maximum absolute atomic E-state index is 13.2. The van der Waals surface area contributed by atoms with Gasteiger partial charge in [-0.15, -0.1) is 0 Å². The number of ether oxygens (including phenoxy) is 2. The Kier molecular flexibility index (Phi) is 7.21. The first-order valence-corrected chi connectivity index (χ1v) is 10.3. The molecular weight excluding hydrogens is 436 g/mol. The van der Waals surface area contributed by atoms with Crippen molar-refractivity contribution in [1.82, 2.24) is 5.32 Å². The molecule has 3 nitrogen and oxygen atoms in total. The first-order valence-electron chi connectivity index (χ1n) is 10.3. The Hall–Kier alpha value is -2.10. The quantitative estimate of drug-likeness (QED) is 0.508. The van der Waals surface area contributed by atoms with Gasteiger partial charge in [-0.1, -0.05) is 38.1 Å². The lowest BCUT2D eigenvalue weighted by atomic mass is 9.98. The minimum atomic E-state index is -4.92. The van der Waals surface area contributed by atoms with Crippen LogP contribution in [-0.4, -0.2) is 19.4 Å². The molecular formula is C23H25F6NO2. The van der Waals surface area contributed by atoms with Gasteiger partial charge >= 0.3 is 12.4 Å². The molecule has 1 fully saturated rings. The maximum Gasteiger partial charge on any atom is 0.416 e. The first-order chi connectivity index (χ1) is 14.9. The molecule has 0 unspecified atom stereocenters. The third kappa shape index (κ3) is 5.82. The molecule has 176 valence electrons. The minimum absolute atomic E-state index is 0.105. The maximum atomic E-state index is 13.2. The molecule has 1 saturated heterocycles. The summed E-state index contributed by atoms with van der Waals surface area (Å²) < 4.78 is 90.6. The van der Waals surface area contributed by atoms with Gasteiger partial charge in [0.1, 0.15) is 0 Å². The first kappa shape index (κ1) is 24.5. The second-order valence-corrected chi connectivity index (χ2v) is 8.11. The van der Waals surface area contributed by atoms with E-state index >= 15 is 0 Å². The zero-order chi connectivity index (χ0) is 23.7. The zero-order valence-electron chi connectivity index (χ0n) is 17.8. The van der Waals surface area contributed by atoms with Crippen molar-refractivity contribution in [2.45, 2.75) is 57.5 Å². The van der Waals surface area contributed by atoms with Crippen LogP contribution in [0.5, 0.6) is 0 Å². The highest BCUT2D eigenvalue weighted by Gasteiger charge is 2.38. The summed E-state index contributed by atoms with van der Waals surface area (Å²) in [6.45, 7) is 6.37. The fraction of sp³-hybridized carbons (Fsp3) is 0.478. The van der Waals surface area contributed by atoms with Gasteiger partial charge in [-0.2, -0.15) is 26.3 Å². The van der Waals surface area contributed by atoms with Gasteiger partial charge in [-0.25, -0.2) is 0 Å². The van der Waals surface area contributed by atoms with E-state index in [0.717, 1.165) is 11.1 Å². The van der Waals surface area contributed by atoms with Crippen LogP contribution in [0.15, 0.2) is 42.5 Å². The zero-order valence-corrected chi connectivity index (χ0v) is 17.8. The molecule has 2 aromatic carbocycles. The van der Waals surface area contributed by atoms with Crippen molar-refractivity contribution in [3.05, 3.63) is 70.3 Å². The predicted octanol–water partition coefficient (Wildman–Crippen LogP) is 6.61. The van der Waals surface area contributed by atoms with Gasteiger partial charge in [0, 0.05) is 6.54 Å². The van der Waals surface area contributed by atoms with Gasteiger partial charge in [0.15, 0.2) is 6.29 Å². The van der Waals surface area contributed by atoms with Gasteiger partial charge in [0.05, 0.1) is 29.9 Å². The fourth-order valence-electron chi connectivity index (χ4n) is 3.56. The van der Waals surface area contributed by atoms with E-state index in [2.05, 4.69) is 19.2 Å². The fourth-order valence-corrected chi connectivity index (χ4v) is 3.56. The number of alkyl halides is 6. The molecule has 1 aliphatic rings. The summed E-state index contributed by atoms with van der Waals surface area (Å²) in [6.07, 6.45) is -11.8. The molecule has 0 spiro atoms. The Morgan fingerprint density at radius 1 is 0.875 bits per heavy atom. The van der Waals surface area contributed by atoms with Gasteiger partial charge in [-0.05, 0) is 47.7 Å². The normalized spacial score (nSPS) is 21.1.